The number of hydrogen-bond acceptors (Lipinski definition) is 1. The molecule has 0 bridgehead atoms. The molecular weight excluding hydrogens is 322 g/mol. The summed E-state index contributed by atoms with van der Waals surface area (Å²) in [7, 11) is 0. The predicted molar refractivity (Wildman–Crippen MR) is 93.4 cm³/mol. The zero-order valence-corrected chi connectivity index (χ0v) is 13.2. The Labute approximate surface area is 142 Å². The minimum Gasteiger partial charge on any atom is -0.366 e. The zero-order valence-electron chi connectivity index (χ0n) is 13.2. The number of carbonyl (C=O) groups excluding carboxylic acids is 1. The van der Waals surface area contributed by atoms with Crippen molar-refractivity contribution in [2.45, 2.75) is 6.54 Å². The summed E-state index contributed by atoms with van der Waals surface area (Å²) >= 11 is 0. The summed E-state index contributed by atoms with van der Waals surface area (Å²) < 4.78 is 29.5. The molecule has 2 N–H and O–H groups in total. The van der Waals surface area contributed by atoms with Crippen LogP contribution in [-0.2, 0) is 6.54 Å². The van der Waals surface area contributed by atoms with Crippen molar-refractivity contribution in [1.82, 2.24) is 4.57 Å². The maximum atomic E-state index is 14.1. The minimum absolute atomic E-state index is 0.149. The van der Waals surface area contributed by atoms with Gasteiger partial charge in [-0.05, 0) is 36.4 Å². The third kappa shape index (κ3) is 2.45. The number of amides is 1. The molecule has 0 aliphatic rings. The number of halogens is 2. The lowest BCUT2D eigenvalue weighted by Crippen LogP contribution is -2.11. The van der Waals surface area contributed by atoms with Gasteiger partial charge in [0.15, 0.2) is 0 Å². The van der Waals surface area contributed by atoms with Crippen molar-refractivity contribution in [3.63, 3.8) is 0 Å². The van der Waals surface area contributed by atoms with Crippen molar-refractivity contribution >= 4 is 27.7 Å². The first kappa shape index (κ1) is 15.3. The van der Waals surface area contributed by atoms with Crippen LogP contribution in [0.25, 0.3) is 21.8 Å². The van der Waals surface area contributed by atoms with Crippen molar-refractivity contribution in [3.8, 4) is 0 Å². The first-order valence-corrected chi connectivity index (χ1v) is 7.80. The SMILES string of the molecule is NC(=O)c1cccc2c1c1ccccc1n2Cc1cc(F)ccc1F. The van der Waals surface area contributed by atoms with Crippen LogP contribution in [0.5, 0.6) is 0 Å². The van der Waals surface area contributed by atoms with E-state index in [1.165, 1.54) is 6.07 Å². The maximum absolute atomic E-state index is 14.1. The zero-order chi connectivity index (χ0) is 17.6. The van der Waals surface area contributed by atoms with Crippen LogP contribution in [0, 0.1) is 11.6 Å². The lowest BCUT2D eigenvalue weighted by Gasteiger charge is -2.09. The second-order valence-electron chi connectivity index (χ2n) is 5.90. The Kier molecular flexibility index (Phi) is 3.50. The number of primary amides is 1. The second kappa shape index (κ2) is 5.70. The number of fused-ring (bicyclic) bond motifs is 3. The number of rotatable bonds is 3. The minimum atomic E-state index is -0.523. The summed E-state index contributed by atoms with van der Waals surface area (Å²) in [5.41, 5.74) is 7.75. The van der Waals surface area contributed by atoms with Crippen molar-refractivity contribution in [2.24, 2.45) is 5.73 Å². The molecule has 0 fully saturated rings. The highest BCUT2D eigenvalue weighted by atomic mass is 19.1. The molecule has 0 aliphatic heterocycles. The molecule has 0 atom stereocenters. The number of aromatic nitrogens is 1. The first-order chi connectivity index (χ1) is 12.1. The van der Waals surface area contributed by atoms with E-state index in [1.807, 2.05) is 34.9 Å². The van der Waals surface area contributed by atoms with E-state index >= 15 is 0 Å². The van der Waals surface area contributed by atoms with Gasteiger partial charge in [0, 0.05) is 27.4 Å². The number of benzene rings is 3. The standard InChI is InChI=1S/C20H14F2N2O/c21-13-8-9-16(22)12(10-13)11-24-17-6-2-1-4-14(17)19-15(20(23)25)5-3-7-18(19)24/h1-10H,11H2,(H2,23,25). The quantitative estimate of drug-likeness (QED) is 0.598. The second-order valence-corrected chi connectivity index (χ2v) is 5.90. The van der Waals surface area contributed by atoms with Gasteiger partial charge in [0.2, 0.25) is 5.91 Å². The Morgan fingerprint density at radius 1 is 0.960 bits per heavy atom. The molecule has 0 saturated heterocycles. The maximum Gasteiger partial charge on any atom is 0.249 e. The highest BCUT2D eigenvalue weighted by molar-refractivity contribution is 6.17. The molecule has 3 aromatic carbocycles. The normalized spacial score (nSPS) is 11.3. The van der Waals surface area contributed by atoms with Crippen molar-refractivity contribution < 1.29 is 13.6 Å². The van der Waals surface area contributed by atoms with E-state index in [1.54, 1.807) is 12.1 Å². The summed E-state index contributed by atoms with van der Waals surface area (Å²) in [6, 6.07) is 16.2. The van der Waals surface area contributed by atoms with Gasteiger partial charge in [-0.3, -0.25) is 4.79 Å². The molecule has 0 aliphatic carbocycles. The van der Waals surface area contributed by atoms with Crippen molar-refractivity contribution in [2.75, 3.05) is 0 Å². The van der Waals surface area contributed by atoms with E-state index in [4.69, 9.17) is 5.73 Å². The molecular formula is C20H14F2N2O. The summed E-state index contributed by atoms with van der Waals surface area (Å²) in [4.78, 5) is 11.8. The fourth-order valence-corrected chi connectivity index (χ4v) is 3.31. The van der Waals surface area contributed by atoms with E-state index in [-0.39, 0.29) is 12.1 Å². The Hall–Kier alpha value is -3.21. The molecule has 0 saturated carbocycles. The molecule has 4 aromatic rings. The van der Waals surface area contributed by atoms with Crippen LogP contribution in [0.3, 0.4) is 0 Å². The number of nitrogens with zero attached hydrogens (tertiary/aromatic N) is 1. The fraction of sp³-hybridized carbons (Fsp3) is 0.0500. The van der Waals surface area contributed by atoms with Crippen LogP contribution >= 0.6 is 0 Å². The van der Waals surface area contributed by atoms with Gasteiger partial charge in [0.25, 0.3) is 0 Å². The molecule has 25 heavy (non-hydrogen) atoms. The first-order valence-electron chi connectivity index (χ1n) is 7.80. The molecule has 1 aromatic heterocycles. The molecule has 0 unspecified atom stereocenters. The van der Waals surface area contributed by atoms with Crippen LogP contribution < -0.4 is 5.73 Å². The third-order valence-corrected chi connectivity index (χ3v) is 4.40. The number of hydrogen-bond donors (Lipinski definition) is 1. The highest BCUT2D eigenvalue weighted by Gasteiger charge is 2.17. The lowest BCUT2D eigenvalue weighted by atomic mass is 10.1. The molecule has 124 valence electrons. The van der Waals surface area contributed by atoms with E-state index in [9.17, 15) is 13.6 Å². The van der Waals surface area contributed by atoms with Crippen LogP contribution in [0.4, 0.5) is 8.78 Å². The average Bonchev–Trinajstić information content (AvgIpc) is 2.92. The molecule has 5 heteroatoms. The van der Waals surface area contributed by atoms with E-state index < -0.39 is 17.5 Å². The summed E-state index contributed by atoms with van der Waals surface area (Å²) in [5, 5.41) is 1.58. The monoisotopic (exact) mass is 336 g/mol. The van der Waals surface area contributed by atoms with E-state index in [0.717, 1.165) is 33.9 Å². The smallest absolute Gasteiger partial charge is 0.249 e. The van der Waals surface area contributed by atoms with Gasteiger partial charge >= 0.3 is 0 Å². The fourth-order valence-electron chi connectivity index (χ4n) is 3.31. The van der Waals surface area contributed by atoms with Gasteiger partial charge in [0.1, 0.15) is 11.6 Å². The molecule has 1 heterocycles. The highest BCUT2D eigenvalue weighted by Crippen LogP contribution is 2.32. The van der Waals surface area contributed by atoms with E-state index in [2.05, 4.69) is 0 Å². The summed E-state index contributed by atoms with van der Waals surface area (Å²) in [5.74, 6) is -1.49. The van der Waals surface area contributed by atoms with Crippen LogP contribution in [0.1, 0.15) is 15.9 Å². The van der Waals surface area contributed by atoms with Crippen molar-refractivity contribution in [1.29, 1.82) is 0 Å². The Morgan fingerprint density at radius 2 is 1.72 bits per heavy atom. The van der Waals surface area contributed by atoms with Gasteiger partial charge in [-0.15, -0.1) is 0 Å². The molecule has 1 amide bonds. The number of para-hydroxylation sites is 1. The van der Waals surface area contributed by atoms with Gasteiger partial charge in [-0.25, -0.2) is 8.78 Å². The Morgan fingerprint density at radius 3 is 2.52 bits per heavy atom. The summed E-state index contributed by atoms with van der Waals surface area (Å²) in [6.45, 7) is 0.149. The lowest BCUT2D eigenvalue weighted by molar-refractivity contribution is 0.100. The third-order valence-electron chi connectivity index (χ3n) is 4.40. The number of nitrogens with two attached hydrogens (primary N) is 1. The van der Waals surface area contributed by atoms with Crippen molar-refractivity contribution in [3.05, 3.63) is 83.4 Å². The predicted octanol–water partition coefficient (Wildman–Crippen LogP) is 4.22. The van der Waals surface area contributed by atoms with Gasteiger partial charge < -0.3 is 10.3 Å². The van der Waals surface area contributed by atoms with Gasteiger partial charge in [0.05, 0.1) is 12.1 Å². The summed E-state index contributed by atoms with van der Waals surface area (Å²) in [6.07, 6.45) is 0. The topological polar surface area (TPSA) is 48.0 Å². The van der Waals surface area contributed by atoms with Gasteiger partial charge in [-0.1, -0.05) is 24.3 Å². The average molecular weight is 336 g/mol. The Bertz CT molecular complexity index is 1130. The van der Waals surface area contributed by atoms with Gasteiger partial charge in [-0.2, -0.15) is 0 Å². The van der Waals surface area contributed by atoms with Crippen LogP contribution in [-0.4, -0.2) is 10.5 Å². The molecule has 4 rings (SSSR count). The molecule has 3 nitrogen and oxygen atoms in total. The van der Waals surface area contributed by atoms with Crippen LogP contribution in [0.15, 0.2) is 60.7 Å². The Balaban J connectivity index is 2.04. The van der Waals surface area contributed by atoms with E-state index in [0.29, 0.717) is 5.56 Å². The number of carbonyl (C=O) groups is 1. The van der Waals surface area contributed by atoms with Crippen LogP contribution in [0.2, 0.25) is 0 Å². The molecule has 0 radical (unpaired) electrons. The largest absolute Gasteiger partial charge is 0.366 e. The molecule has 0 spiro atoms.